The number of pyridine rings is 1. The van der Waals surface area contributed by atoms with Crippen LogP contribution in [0.3, 0.4) is 0 Å². The molecule has 1 aromatic heterocycles. The summed E-state index contributed by atoms with van der Waals surface area (Å²) in [5.74, 6) is 1.37. The van der Waals surface area contributed by atoms with Crippen LogP contribution in [0.1, 0.15) is 5.56 Å². The predicted octanol–water partition coefficient (Wildman–Crippen LogP) is 4.09. The standard InChI is InChI=1S/C13H11BrClNO2/c1-17-11-5-4-9(7-10(11)14)8-18-12-3-2-6-16-13(12)15/h2-7H,8H2,1H3. The lowest BCUT2D eigenvalue weighted by atomic mass is 10.2. The van der Waals surface area contributed by atoms with Crippen molar-refractivity contribution in [2.45, 2.75) is 6.61 Å². The van der Waals surface area contributed by atoms with Gasteiger partial charge in [-0.2, -0.15) is 0 Å². The van der Waals surface area contributed by atoms with E-state index in [4.69, 9.17) is 21.1 Å². The van der Waals surface area contributed by atoms with Gasteiger partial charge in [-0.3, -0.25) is 0 Å². The summed E-state index contributed by atoms with van der Waals surface area (Å²) in [6.07, 6.45) is 1.62. The molecule has 2 rings (SSSR count). The highest BCUT2D eigenvalue weighted by Crippen LogP contribution is 2.27. The van der Waals surface area contributed by atoms with Crippen LogP contribution in [0, 0.1) is 0 Å². The second-order valence-electron chi connectivity index (χ2n) is 3.55. The highest BCUT2D eigenvalue weighted by Gasteiger charge is 2.04. The summed E-state index contributed by atoms with van der Waals surface area (Å²) in [4.78, 5) is 3.95. The van der Waals surface area contributed by atoms with Crippen molar-refractivity contribution in [1.29, 1.82) is 0 Å². The molecule has 0 spiro atoms. The first-order valence-corrected chi connectivity index (χ1v) is 6.43. The number of hydrogen-bond donors (Lipinski definition) is 0. The first-order valence-electron chi connectivity index (χ1n) is 5.26. The monoisotopic (exact) mass is 327 g/mol. The van der Waals surface area contributed by atoms with Crippen LogP contribution in [0.25, 0.3) is 0 Å². The smallest absolute Gasteiger partial charge is 0.171 e. The van der Waals surface area contributed by atoms with Gasteiger partial charge in [-0.15, -0.1) is 0 Å². The third-order valence-electron chi connectivity index (χ3n) is 2.34. The van der Waals surface area contributed by atoms with E-state index in [2.05, 4.69) is 20.9 Å². The fourth-order valence-corrected chi connectivity index (χ4v) is 2.20. The molecule has 5 heteroatoms. The topological polar surface area (TPSA) is 31.4 Å². The Kier molecular flexibility index (Phi) is 4.44. The lowest BCUT2D eigenvalue weighted by molar-refractivity contribution is 0.305. The number of methoxy groups -OCH3 is 1. The largest absolute Gasteiger partial charge is 0.496 e. The fourth-order valence-electron chi connectivity index (χ4n) is 1.44. The summed E-state index contributed by atoms with van der Waals surface area (Å²) in [7, 11) is 1.63. The highest BCUT2D eigenvalue weighted by molar-refractivity contribution is 9.10. The average Bonchev–Trinajstić information content (AvgIpc) is 2.38. The van der Waals surface area contributed by atoms with Gasteiger partial charge in [0, 0.05) is 6.20 Å². The molecular weight excluding hydrogens is 318 g/mol. The summed E-state index contributed by atoms with van der Waals surface area (Å²) in [6.45, 7) is 0.425. The van der Waals surface area contributed by atoms with Gasteiger partial charge in [-0.05, 0) is 45.8 Å². The number of benzene rings is 1. The Hall–Kier alpha value is -1.26. The van der Waals surface area contributed by atoms with Crippen molar-refractivity contribution in [1.82, 2.24) is 4.98 Å². The number of ether oxygens (including phenoxy) is 2. The van der Waals surface area contributed by atoms with Gasteiger partial charge >= 0.3 is 0 Å². The Morgan fingerprint density at radius 3 is 2.78 bits per heavy atom. The Morgan fingerprint density at radius 1 is 1.28 bits per heavy atom. The maximum Gasteiger partial charge on any atom is 0.171 e. The second kappa shape index (κ2) is 6.07. The molecule has 0 unspecified atom stereocenters. The van der Waals surface area contributed by atoms with Crippen LogP contribution in [0.2, 0.25) is 5.15 Å². The van der Waals surface area contributed by atoms with Crippen LogP contribution in [-0.2, 0) is 6.61 Å². The van der Waals surface area contributed by atoms with Crippen molar-refractivity contribution in [3.05, 3.63) is 51.7 Å². The number of rotatable bonds is 4. The van der Waals surface area contributed by atoms with Crippen LogP contribution >= 0.6 is 27.5 Å². The lowest BCUT2D eigenvalue weighted by Gasteiger charge is -2.09. The highest BCUT2D eigenvalue weighted by atomic mass is 79.9. The molecule has 0 aliphatic heterocycles. The first kappa shape index (κ1) is 13.2. The molecule has 1 aromatic carbocycles. The Bertz CT molecular complexity index is 548. The number of halogens is 2. The van der Waals surface area contributed by atoms with Gasteiger partial charge in [-0.25, -0.2) is 4.98 Å². The maximum absolute atomic E-state index is 5.90. The van der Waals surface area contributed by atoms with E-state index < -0.39 is 0 Å². The van der Waals surface area contributed by atoms with Crippen molar-refractivity contribution < 1.29 is 9.47 Å². The Morgan fingerprint density at radius 2 is 2.11 bits per heavy atom. The van der Waals surface area contributed by atoms with E-state index in [9.17, 15) is 0 Å². The fraction of sp³-hybridized carbons (Fsp3) is 0.154. The van der Waals surface area contributed by atoms with Gasteiger partial charge in [0.2, 0.25) is 0 Å². The lowest BCUT2D eigenvalue weighted by Crippen LogP contribution is -1.97. The summed E-state index contributed by atoms with van der Waals surface area (Å²) >= 11 is 9.33. The van der Waals surface area contributed by atoms with E-state index in [0.29, 0.717) is 17.5 Å². The van der Waals surface area contributed by atoms with E-state index in [1.54, 1.807) is 25.4 Å². The molecule has 0 amide bonds. The zero-order valence-electron chi connectivity index (χ0n) is 9.69. The summed E-state index contributed by atoms with van der Waals surface area (Å²) in [5, 5.41) is 0.366. The SMILES string of the molecule is COc1ccc(COc2cccnc2Cl)cc1Br. The second-order valence-corrected chi connectivity index (χ2v) is 4.76. The van der Waals surface area contributed by atoms with Gasteiger partial charge in [0.25, 0.3) is 0 Å². The molecule has 0 radical (unpaired) electrons. The molecule has 0 bridgehead atoms. The summed E-state index contributed by atoms with van der Waals surface area (Å²) in [5.41, 5.74) is 1.02. The van der Waals surface area contributed by atoms with Crippen molar-refractivity contribution in [3.8, 4) is 11.5 Å². The van der Waals surface area contributed by atoms with Crippen LogP contribution in [0.4, 0.5) is 0 Å². The zero-order chi connectivity index (χ0) is 13.0. The molecule has 0 atom stereocenters. The zero-order valence-corrected chi connectivity index (χ0v) is 12.0. The number of aromatic nitrogens is 1. The predicted molar refractivity (Wildman–Crippen MR) is 74.3 cm³/mol. The van der Waals surface area contributed by atoms with Gasteiger partial charge in [0.05, 0.1) is 11.6 Å². The molecule has 0 N–H and O–H groups in total. The normalized spacial score (nSPS) is 10.2. The molecule has 0 aliphatic carbocycles. The molecule has 0 aliphatic rings. The van der Waals surface area contributed by atoms with Crippen molar-refractivity contribution in [2.24, 2.45) is 0 Å². The minimum Gasteiger partial charge on any atom is -0.496 e. The van der Waals surface area contributed by atoms with E-state index in [0.717, 1.165) is 15.8 Å². The molecule has 3 nitrogen and oxygen atoms in total. The van der Waals surface area contributed by atoms with E-state index >= 15 is 0 Å². The van der Waals surface area contributed by atoms with Crippen LogP contribution < -0.4 is 9.47 Å². The number of nitrogens with zero attached hydrogens (tertiary/aromatic N) is 1. The van der Waals surface area contributed by atoms with E-state index in [1.165, 1.54) is 0 Å². The minimum absolute atomic E-state index is 0.366. The molecule has 18 heavy (non-hydrogen) atoms. The van der Waals surface area contributed by atoms with E-state index in [1.807, 2.05) is 18.2 Å². The molecule has 2 aromatic rings. The maximum atomic E-state index is 5.90. The molecule has 0 fully saturated rings. The molecular formula is C13H11BrClNO2. The molecule has 1 heterocycles. The van der Waals surface area contributed by atoms with Crippen molar-refractivity contribution in [2.75, 3.05) is 7.11 Å². The third kappa shape index (κ3) is 3.15. The first-order chi connectivity index (χ1) is 8.70. The van der Waals surface area contributed by atoms with Gasteiger partial charge in [0.15, 0.2) is 10.9 Å². The van der Waals surface area contributed by atoms with Gasteiger partial charge in [-0.1, -0.05) is 17.7 Å². The Balaban J connectivity index is 2.07. The molecule has 0 saturated carbocycles. The van der Waals surface area contributed by atoms with Crippen molar-refractivity contribution >= 4 is 27.5 Å². The van der Waals surface area contributed by atoms with Crippen molar-refractivity contribution in [3.63, 3.8) is 0 Å². The number of hydrogen-bond acceptors (Lipinski definition) is 3. The Labute approximate surface area is 119 Å². The van der Waals surface area contributed by atoms with E-state index in [-0.39, 0.29) is 0 Å². The molecule has 0 saturated heterocycles. The van der Waals surface area contributed by atoms with Gasteiger partial charge < -0.3 is 9.47 Å². The van der Waals surface area contributed by atoms with Crippen LogP contribution in [0.5, 0.6) is 11.5 Å². The summed E-state index contributed by atoms with van der Waals surface area (Å²) in [6, 6.07) is 9.34. The summed E-state index contributed by atoms with van der Waals surface area (Å²) < 4.78 is 11.7. The quantitative estimate of drug-likeness (QED) is 0.792. The van der Waals surface area contributed by atoms with Crippen LogP contribution in [-0.4, -0.2) is 12.1 Å². The molecule has 94 valence electrons. The van der Waals surface area contributed by atoms with Gasteiger partial charge in [0.1, 0.15) is 12.4 Å². The van der Waals surface area contributed by atoms with Crippen LogP contribution in [0.15, 0.2) is 41.0 Å². The minimum atomic E-state index is 0.366. The average molecular weight is 329 g/mol. The third-order valence-corrected chi connectivity index (χ3v) is 3.24.